The molecule has 1 N–H and O–H groups in total. The summed E-state index contributed by atoms with van der Waals surface area (Å²) in [6.07, 6.45) is 3.86. The van der Waals surface area contributed by atoms with E-state index in [2.05, 4.69) is 81.4 Å². The molecule has 0 aliphatic carbocycles. The second kappa shape index (κ2) is 8.01. The van der Waals surface area contributed by atoms with Crippen molar-refractivity contribution in [3.63, 3.8) is 0 Å². The molecule has 1 saturated heterocycles. The number of likely N-dealkylation sites (N-methyl/N-ethyl adjacent to an activating group) is 1. The van der Waals surface area contributed by atoms with Crippen LogP contribution in [0.25, 0.3) is 11.0 Å². The third kappa shape index (κ3) is 3.93. The van der Waals surface area contributed by atoms with Gasteiger partial charge in [-0.25, -0.2) is 9.97 Å². The first kappa shape index (κ1) is 21.2. The number of piperazine rings is 1. The molecule has 0 radical (unpaired) electrons. The Morgan fingerprint density at radius 1 is 1.03 bits per heavy atom. The predicted octanol–water partition coefficient (Wildman–Crippen LogP) is 3.28. The summed E-state index contributed by atoms with van der Waals surface area (Å²) in [5, 5.41) is 4.38. The molecule has 0 aromatic carbocycles. The molecule has 2 aliphatic rings. The van der Waals surface area contributed by atoms with Gasteiger partial charge in [0.1, 0.15) is 11.5 Å². The highest BCUT2D eigenvalue weighted by Crippen LogP contribution is 2.32. The van der Waals surface area contributed by atoms with Crippen molar-refractivity contribution in [2.75, 3.05) is 50.0 Å². The average molecular weight is 435 g/mol. The van der Waals surface area contributed by atoms with Crippen LogP contribution >= 0.6 is 0 Å². The van der Waals surface area contributed by atoms with Crippen LogP contribution in [-0.2, 0) is 12.1 Å². The van der Waals surface area contributed by atoms with E-state index < -0.39 is 0 Å². The summed E-state index contributed by atoms with van der Waals surface area (Å²) in [6.45, 7) is 15.2. The fraction of sp³-hybridized carbons (Fsp3) is 0.542. The molecule has 2 aliphatic heterocycles. The van der Waals surface area contributed by atoms with E-state index in [1.807, 2.05) is 18.5 Å². The standard InChI is InChI=1S/C24H34N8/c1-17(2)30-8-10-31(11-9-30)19-6-7-21(25-14-19)27-23-26-13-18-12-20-15-29(5)16-24(3,4)32(20)22(18)28-23/h6-7,12-14,17H,8-11,15-16H2,1-5H3,(H,25,26,27,28). The number of hydrogen-bond donors (Lipinski definition) is 1. The lowest BCUT2D eigenvalue weighted by atomic mass is 10.0. The third-order valence-electron chi connectivity index (χ3n) is 6.71. The smallest absolute Gasteiger partial charge is 0.230 e. The van der Waals surface area contributed by atoms with Crippen LogP contribution in [0, 0.1) is 0 Å². The van der Waals surface area contributed by atoms with Gasteiger partial charge in [0.25, 0.3) is 0 Å². The zero-order valence-electron chi connectivity index (χ0n) is 19.8. The molecular formula is C24H34N8. The SMILES string of the molecule is CC(C)N1CCN(c2ccc(Nc3ncc4cc5n(c4n3)C(C)(C)CN(C)C5)nc2)CC1. The van der Waals surface area contributed by atoms with E-state index in [-0.39, 0.29) is 5.54 Å². The van der Waals surface area contributed by atoms with Crippen molar-refractivity contribution in [2.45, 2.75) is 45.8 Å². The molecule has 5 heterocycles. The Hall–Kier alpha value is -2.71. The van der Waals surface area contributed by atoms with Gasteiger partial charge in [-0.2, -0.15) is 4.98 Å². The second-order valence-electron chi connectivity index (χ2n) is 10.1. The molecule has 8 nitrogen and oxygen atoms in total. The molecule has 5 rings (SSSR count). The number of anilines is 3. The van der Waals surface area contributed by atoms with Crippen LogP contribution in [0.1, 0.15) is 33.4 Å². The Bertz CT molecular complexity index is 1090. The van der Waals surface area contributed by atoms with Crippen LogP contribution in [-0.4, -0.2) is 75.1 Å². The first-order valence-corrected chi connectivity index (χ1v) is 11.6. The van der Waals surface area contributed by atoms with Gasteiger partial charge in [0.2, 0.25) is 5.95 Å². The van der Waals surface area contributed by atoms with E-state index in [1.54, 1.807) is 0 Å². The Balaban J connectivity index is 1.33. The molecule has 170 valence electrons. The molecule has 0 bridgehead atoms. The van der Waals surface area contributed by atoms with Crippen molar-refractivity contribution in [3.8, 4) is 0 Å². The monoisotopic (exact) mass is 434 g/mol. The van der Waals surface area contributed by atoms with Gasteiger partial charge in [-0.3, -0.25) is 9.80 Å². The summed E-state index contributed by atoms with van der Waals surface area (Å²) >= 11 is 0. The van der Waals surface area contributed by atoms with Crippen LogP contribution in [0.2, 0.25) is 0 Å². The van der Waals surface area contributed by atoms with E-state index in [9.17, 15) is 0 Å². The highest BCUT2D eigenvalue weighted by Gasteiger charge is 2.32. The van der Waals surface area contributed by atoms with E-state index in [1.165, 1.54) is 11.4 Å². The van der Waals surface area contributed by atoms with Gasteiger partial charge in [-0.1, -0.05) is 0 Å². The maximum atomic E-state index is 4.87. The minimum absolute atomic E-state index is 0.0187. The number of pyridine rings is 1. The Morgan fingerprint density at radius 2 is 1.81 bits per heavy atom. The molecule has 8 heteroatoms. The molecule has 0 spiro atoms. The van der Waals surface area contributed by atoms with Gasteiger partial charge in [-0.05, 0) is 52.9 Å². The van der Waals surface area contributed by atoms with Crippen molar-refractivity contribution < 1.29 is 0 Å². The maximum Gasteiger partial charge on any atom is 0.230 e. The third-order valence-corrected chi connectivity index (χ3v) is 6.71. The topological polar surface area (TPSA) is 65.3 Å². The minimum atomic E-state index is -0.0187. The number of hydrogen-bond acceptors (Lipinski definition) is 7. The van der Waals surface area contributed by atoms with Crippen LogP contribution < -0.4 is 10.2 Å². The van der Waals surface area contributed by atoms with Gasteiger partial charge in [0, 0.05) is 62.6 Å². The molecule has 0 saturated carbocycles. The molecule has 0 amide bonds. The van der Waals surface area contributed by atoms with E-state index in [4.69, 9.17) is 4.98 Å². The number of nitrogens with zero attached hydrogens (tertiary/aromatic N) is 7. The van der Waals surface area contributed by atoms with Gasteiger partial charge in [-0.15, -0.1) is 0 Å². The lowest BCUT2D eigenvalue weighted by Crippen LogP contribution is -2.48. The van der Waals surface area contributed by atoms with Crippen LogP contribution in [0.3, 0.4) is 0 Å². The van der Waals surface area contributed by atoms with E-state index in [0.717, 1.165) is 56.1 Å². The van der Waals surface area contributed by atoms with Crippen molar-refractivity contribution in [2.24, 2.45) is 0 Å². The zero-order chi connectivity index (χ0) is 22.5. The Kier molecular flexibility index (Phi) is 5.29. The van der Waals surface area contributed by atoms with Crippen molar-refractivity contribution in [1.82, 2.24) is 29.3 Å². The molecule has 3 aromatic rings. The Morgan fingerprint density at radius 3 is 2.50 bits per heavy atom. The van der Waals surface area contributed by atoms with Crippen molar-refractivity contribution >= 4 is 28.5 Å². The van der Waals surface area contributed by atoms with Crippen molar-refractivity contribution in [3.05, 3.63) is 36.3 Å². The average Bonchev–Trinajstić information content (AvgIpc) is 3.12. The number of rotatable bonds is 4. The first-order valence-electron chi connectivity index (χ1n) is 11.6. The second-order valence-corrected chi connectivity index (χ2v) is 10.1. The zero-order valence-corrected chi connectivity index (χ0v) is 19.8. The largest absolute Gasteiger partial charge is 0.368 e. The van der Waals surface area contributed by atoms with Gasteiger partial charge in [0.15, 0.2) is 0 Å². The number of nitrogens with one attached hydrogen (secondary N) is 1. The molecule has 0 unspecified atom stereocenters. The van der Waals surface area contributed by atoms with Crippen LogP contribution in [0.5, 0.6) is 0 Å². The van der Waals surface area contributed by atoms with Gasteiger partial charge >= 0.3 is 0 Å². The highest BCUT2D eigenvalue weighted by molar-refractivity contribution is 5.78. The van der Waals surface area contributed by atoms with Gasteiger partial charge in [0.05, 0.1) is 17.4 Å². The summed E-state index contributed by atoms with van der Waals surface area (Å²) in [7, 11) is 2.17. The lowest BCUT2D eigenvalue weighted by Gasteiger charge is -2.39. The summed E-state index contributed by atoms with van der Waals surface area (Å²) in [4.78, 5) is 21.3. The summed E-state index contributed by atoms with van der Waals surface area (Å²) < 4.78 is 2.36. The number of aromatic nitrogens is 4. The summed E-state index contributed by atoms with van der Waals surface area (Å²) in [5.41, 5.74) is 3.41. The fourth-order valence-electron chi connectivity index (χ4n) is 5.22. The Labute approximate surface area is 190 Å². The predicted molar refractivity (Wildman–Crippen MR) is 130 cm³/mol. The summed E-state index contributed by atoms with van der Waals surface area (Å²) in [6, 6.07) is 6.97. The molecule has 3 aromatic heterocycles. The van der Waals surface area contributed by atoms with Gasteiger partial charge < -0.3 is 14.8 Å². The molecular weight excluding hydrogens is 400 g/mol. The molecule has 1 fully saturated rings. The molecule has 0 atom stereocenters. The normalized spacial score (nSPS) is 19.5. The van der Waals surface area contributed by atoms with E-state index in [0.29, 0.717) is 12.0 Å². The lowest BCUT2D eigenvalue weighted by molar-refractivity contribution is 0.165. The quantitative estimate of drug-likeness (QED) is 0.676. The highest BCUT2D eigenvalue weighted by atomic mass is 15.3. The fourth-order valence-corrected chi connectivity index (χ4v) is 5.22. The summed E-state index contributed by atoms with van der Waals surface area (Å²) in [5.74, 6) is 1.34. The first-order chi connectivity index (χ1) is 15.3. The van der Waals surface area contributed by atoms with Crippen LogP contribution in [0.4, 0.5) is 17.5 Å². The minimum Gasteiger partial charge on any atom is -0.368 e. The van der Waals surface area contributed by atoms with E-state index >= 15 is 0 Å². The van der Waals surface area contributed by atoms with Crippen LogP contribution in [0.15, 0.2) is 30.6 Å². The van der Waals surface area contributed by atoms with Crippen molar-refractivity contribution in [1.29, 1.82) is 0 Å². The maximum absolute atomic E-state index is 4.87. The number of fused-ring (bicyclic) bond motifs is 3. The molecule has 32 heavy (non-hydrogen) atoms.